The number of aryl methyl sites for hydroxylation is 1. The Morgan fingerprint density at radius 2 is 2.33 bits per heavy atom. The van der Waals surface area contributed by atoms with Crippen LogP contribution in [0.5, 0.6) is 0 Å². The monoisotopic (exact) mass is 286 g/mol. The van der Waals surface area contributed by atoms with Crippen LogP contribution in [0.4, 0.5) is 4.39 Å². The number of nitrogens with two attached hydrogens (primary N) is 1. The molecule has 0 aliphatic rings. The molecule has 1 unspecified atom stereocenters. The Morgan fingerprint density at radius 3 is 2.94 bits per heavy atom. The SMILES string of the molecule is CCc1nnsc1C(NN)c1ccc(Cl)cc1F. The smallest absolute Gasteiger partial charge is 0.129 e. The predicted octanol–water partition coefficient (Wildman–Crippen LogP) is 2.45. The van der Waals surface area contributed by atoms with E-state index >= 15 is 0 Å². The van der Waals surface area contributed by atoms with Crippen molar-refractivity contribution in [3.05, 3.63) is 45.2 Å². The Labute approximate surface area is 113 Å². The summed E-state index contributed by atoms with van der Waals surface area (Å²) in [6.07, 6.45) is 0.721. The Morgan fingerprint density at radius 1 is 1.56 bits per heavy atom. The number of hydrogen-bond donors (Lipinski definition) is 2. The molecule has 1 aromatic heterocycles. The molecule has 2 rings (SSSR count). The topological polar surface area (TPSA) is 63.8 Å². The van der Waals surface area contributed by atoms with Crippen LogP contribution in [0.3, 0.4) is 0 Å². The number of rotatable bonds is 4. The maximum Gasteiger partial charge on any atom is 0.129 e. The second-order valence-electron chi connectivity index (χ2n) is 3.70. The van der Waals surface area contributed by atoms with E-state index in [2.05, 4.69) is 15.0 Å². The first-order chi connectivity index (χ1) is 8.67. The van der Waals surface area contributed by atoms with Crippen LogP contribution in [0.25, 0.3) is 0 Å². The Balaban J connectivity index is 2.45. The van der Waals surface area contributed by atoms with Gasteiger partial charge in [0.15, 0.2) is 0 Å². The molecule has 0 spiro atoms. The minimum Gasteiger partial charge on any atom is -0.271 e. The number of nitrogens with zero attached hydrogens (tertiary/aromatic N) is 2. The van der Waals surface area contributed by atoms with Gasteiger partial charge in [-0.25, -0.2) is 9.82 Å². The molecule has 0 saturated heterocycles. The van der Waals surface area contributed by atoms with Crippen LogP contribution < -0.4 is 11.3 Å². The molecular formula is C11H12ClFN4S. The lowest BCUT2D eigenvalue weighted by atomic mass is 10.0. The maximum absolute atomic E-state index is 13.9. The van der Waals surface area contributed by atoms with E-state index in [9.17, 15) is 4.39 Å². The first-order valence-electron chi connectivity index (χ1n) is 5.39. The molecule has 1 aromatic carbocycles. The fraction of sp³-hybridized carbons (Fsp3) is 0.273. The van der Waals surface area contributed by atoms with Crippen molar-refractivity contribution in [2.24, 2.45) is 5.84 Å². The number of hydrogen-bond acceptors (Lipinski definition) is 5. The van der Waals surface area contributed by atoms with Gasteiger partial charge in [0.1, 0.15) is 5.82 Å². The Hall–Kier alpha value is -1.08. The fourth-order valence-corrected chi connectivity index (χ4v) is 2.70. The summed E-state index contributed by atoms with van der Waals surface area (Å²) in [5.41, 5.74) is 3.85. The van der Waals surface area contributed by atoms with Crippen LogP contribution in [-0.2, 0) is 6.42 Å². The van der Waals surface area contributed by atoms with E-state index in [-0.39, 0.29) is 0 Å². The van der Waals surface area contributed by atoms with Crippen molar-refractivity contribution in [2.45, 2.75) is 19.4 Å². The standard InChI is InChI=1S/C11H12ClFN4S/c1-2-9-11(18-17-16-9)10(15-14)7-4-3-6(12)5-8(7)13/h3-5,10,15H,2,14H2,1H3. The third-order valence-electron chi connectivity index (χ3n) is 2.62. The maximum atomic E-state index is 13.9. The van der Waals surface area contributed by atoms with Gasteiger partial charge >= 0.3 is 0 Å². The van der Waals surface area contributed by atoms with Gasteiger partial charge in [-0.1, -0.05) is 29.1 Å². The van der Waals surface area contributed by atoms with Crippen LogP contribution in [0.15, 0.2) is 18.2 Å². The predicted molar refractivity (Wildman–Crippen MR) is 69.9 cm³/mol. The first-order valence-corrected chi connectivity index (χ1v) is 6.54. The second-order valence-corrected chi connectivity index (χ2v) is 4.93. The molecule has 4 nitrogen and oxygen atoms in total. The Kier molecular flexibility index (Phi) is 4.23. The molecule has 7 heteroatoms. The second kappa shape index (κ2) is 5.71. The van der Waals surface area contributed by atoms with Crippen LogP contribution >= 0.6 is 23.1 Å². The number of halogens is 2. The van der Waals surface area contributed by atoms with Crippen LogP contribution in [0.1, 0.15) is 29.1 Å². The minimum absolute atomic E-state index is 0.352. The number of aromatic nitrogens is 2. The van der Waals surface area contributed by atoms with E-state index in [4.69, 9.17) is 17.4 Å². The highest BCUT2D eigenvalue weighted by Crippen LogP contribution is 2.29. The van der Waals surface area contributed by atoms with Crippen molar-refractivity contribution in [1.29, 1.82) is 0 Å². The van der Waals surface area contributed by atoms with Gasteiger partial charge in [0, 0.05) is 10.6 Å². The molecule has 0 saturated carbocycles. The van der Waals surface area contributed by atoms with E-state index in [0.717, 1.165) is 17.0 Å². The summed E-state index contributed by atoms with van der Waals surface area (Å²) in [5.74, 6) is 5.13. The zero-order valence-corrected chi connectivity index (χ0v) is 11.2. The summed E-state index contributed by atoms with van der Waals surface area (Å²) in [7, 11) is 0. The third-order valence-corrected chi connectivity index (χ3v) is 3.69. The zero-order valence-electron chi connectivity index (χ0n) is 9.65. The number of nitrogens with one attached hydrogen (secondary N) is 1. The van der Waals surface area contributed by atoms with Gasteiger partial charge in [0.05, 0.1) is 16.6 Å². The van der Waals surface area contributed by atoms with Crippen molar-refractivity contribution in [2.75, 3.05) is 0 Å². The van der Waals surface area contributed by atoms with E-state index in [1.807, 2.05) is 6.92 Å². The van der Waals surface area contributed by atoms with Crippen LogP contribution in [-0.4, -0.2) is 9.59 Å². The average molecular weight is 287 g/mol. The van der Waals surface area contributed by atoms with Gasteiger partial charge in [0.2, 0.25) is 0 Å². The van der Waals surface area contributed by atoms with Crippen molar-refractivity contribution >= 4 is 23.1 Å². The van der Waals surface area contributed by atoms with Crippen LogP contribution in [0.2, 0.25) is 5.02 Å². The zero-order chi connectivity index (χ0) is 13.1. The lowest BCUT2D eigenvalue weighted by Gasteiger charge is -2.16. The van der Waals surface area contributed by atoms with Gasteiger partial charge < -0.3 is 0 Å². The largest absolute Gasteiger partial charge is 0.271 e. The van der Waals surface area contributed by atoms with Gasteiger partial charge in [-0.05, 0) is 30.1 Å². The Bertz CT molecular complexity index is 546. The molecule has 96 valence electrons. The minimum atomic E-state index is -0.461. The highest BCUT2D eigenvalue weighted by Gasteiger charge is 2.22. The molecular weight excluding hydrogens is 275 g/mol. The summed E-state index contributed by atoms with van der Waals surface area (Å²) in [6.45, 7) is 1.96. The van der Waals surface area contributed by atoms with Gasteiger partial charge in [-0.3, -0.25) is 5.84 Å². The van der Waals surface area contributed by atoms with Gasteiger partial charge in [0.25, 0.3) is 0 Å². The van der Waals surface area contributed by atoms with E-state index < -0.39 is 11.9 Å². The van der Waals surface area contributed by atoms with E-state index in [1.165, 1.54) is 17.6 Å². The number of benzene rings is 1. The van der Waals surface area contributed by atoms with E-state index in [0.29, 0.717) is 10.6 Å². The van der Waals surface area contributed by atoms with Gasteiger partial charge in [-0.15, -0.1) is 5.10 Å². The summed E-state index contributed by atoms with van der Waals surface area (Å²) >= 11 is 6.95. The normalized spacial score (nSPS) is 12.7. The summed E-state index contributed by atoms with van der Waals surface area (Å²) in [5, 5.41) is 4.35. The van der Waals surface area contributed by atoms with Gasteiger partial charge in [-0.2, -0.15) is 0 Å². The molecule has 0 fully saturated rings. The van der Waals surface area contributed by atoms with Crippen molar-refractivity contribution < 1.29 is 4.39 Å². The fourth-order valence-electron chi connectivity index (χ4n) is 1.72. The lowest BCUT2D eigenvalue weighted by molar-refractivity contribution is 0.562. The van der Waals surface area contributed by atoms with Crippen molar-refractivity contribution in [3.8, 4) is 0 Å². The molecule has 0 radical (unpaired) electrons. The lowest BCUT2D eigenvalue weighted by Crippen LogP contribution is -2.29. The van der Waals surface area contributed by atoms with E-state index in [1.54, 1.807) is 12.1 Å². The quantitative estimate of drug-likeness (QED) is 0.669. The molecule has 0 bridgehead atoms. The highest BCUT2D eigenvalue weighted by molar-refractivity contribution is 7.05. The molecule has 3 N–H and O–H groups in total. The molecule has 2 aromatic rings. The molecule has 0 amide bonds. The van der Waals surface area contributed by atoms with Crippen LogP contribution in [0, 0.1) is 5.82 Å². The molecule has 1 atom stereocenters. The highest BCUT2D eigenvalue weighted by atomic mass is 35.5. The summed E-state index contributed by atoms with van der Waals surface area (Å²) < 4.78 is 17.8. The number of hydrazine groups is 1. The molecule has 18 heavy (non-hydrogen) atoms. The molecule has 0 aliphatic carbocycles. The van der Waals surface area contributed by atoms with Crippen molar-refractivity contribution in [3.63, 3.8) is 0 Å². The summed E-state index contributed by atoms with van der Waals surface area (Å²) in [4.78, 5) is 0.821. The average Bonchev–Trinajstić information content (AvgIpc) is 2.81. The van der Waals surface area contributed by atoms with Crippen molar-refractivity contribution in [1.82, 2.24) is 15.0 Å². The first kappa shape index (κ1) is 13.4. The molecule has 1 heterocycles. The summed E-state index contributed by atoms with van der Waals surface area (Å²) in [6, 6.07) is 4.05. The third kappa shape index (κ3) is 2.51. The molecule has 0 aliphatic heterocycles.